The molecule has 10 heteroatoms. The number of aromatic nitrogens is 6. The second-order valence-corrected chi connectivity index (χ2v) is 9.38. The van der Waals surface area contributed by atoms with Crippen LogP contribution >= 0.6 is 11.3 Å². The van der Waals surface area contributed by atoms with Crippen LogP contribution in [0.5, 0.6) is 0 Å². The molecular weight excluding hydrogens is 436 g/mol. The largest absolute Gasteiger partial charge is 0.329 e. The van der Waals surface area contributed by atoms with Gasteiger partial charge in [-0.2, -0.15) is 5.10 Å². The zero-order valence-electron chi connectivity index (χ0n) is 19.8. The number of piperidine rings is 1. The number of carbonyl (C=O) groups is 1. The van der Waals surface area contributed by atoms with Gasteiger partial charge in [-0.1, -0.05) is 18.3 Å². The van der Waals surface area contributed by atoms with Gasteiger partial charge in [0, 0.05) is 42.7 Å². The highest BCUT2D eigenvalue weighted by molar-refractivity contribution is 7.15. The van der Waals surface area contributed by atoms with E-state index in [1.165, 1.54) is 11.3 Å². The fourth-order valence-corrected chi connectivity index (χ4v) is 4.79. The van der Waals surface area contributed by atoms with Gasteiger partial charge >= 0.3 is 0 Å². The van der Waals surface area contributed by atoms with Crippen molar-refractivity contribution in [3.8, 4) is 0 Å². The second kappa shape index (κ2) is 9.78. The summed E-state index contributed by atoms with van der Waals surface area (Å²) in [5.74, 6) is 1.30. The van der Waals surface area contributed by atoms with Crippen molar-refractivity contribution in [1.29, 1.82) is 0 Å². The van der Waals surface area contributed by atoms with Gasteiger partial charge in [-0.05, 0) is 52.5 Å². The Morgan fingerprint density at radius 3 is 2.76 bits per heavy atom. The molecule has 1 aliphatic rings. The number of nitrogens with one attached hydrogen (secondary N) is 1. The van der Waals surface area contributed by atoms with Crippen molar-refractivity contribution in [3.05, 3.63) is 45.6 Å². The molecule has 33 heavy (non-hydrogen) atoms. The topological polar surface area (TPSA) is 102 Å². The summed E-state index contributed by atoms with van der Waals surface area (Å²) in [7, 11) is 1.91. The van der Waals surface area contributed by atoms with Gasteiger partial charge in [0.15, 0.2) is 5.82 Å². The maximum absolute atomic E-state index is 13.2. The molecule has 0 radical (unpaired) electrons. The molecule has 1 atom stereocenters. The third-order valence-electron chi connectivity index (χ3n) is 5.92. The molecule has 1 N–H and O–H groups in total. The van der Waals surface area contributed by atoms with Crippen molar-refractivity contribution in [3.63, 3.8) is 0 Å². The van der Waals surface area contributed by atoms with Gasteiger partial charge in [0.1, 0.15) is 10.8 Å². The summed E-state index contributed by atoms with van der Waals surface area (Å²) in [4.78, 5) is 24.5. The molecule has 4 rings (SSSR count). The van der Waals surface area contributed by atoms with Crippen LogP contribution in [-0.4, -0.2) is 47.3 Å². The van der Waals surface area contributed by atoms with Gasteiger partial charge in [0.05, 0.1) is 11.7 Å². The van der Waals surface area contributed by atoms with E-state index in [2.05, 4.69) is 32.5 Å². The SMILES string of the molecule is CCc1nnc(Nc2cc(C)nc([C@@H]3CCCCN3C(=O)/C=C/c3c(C)nn(C)c3C)n2)s1. The molecule has 3 aromatic rings. The van der Waals surface area contributed by atoms with Crippen LogP contribution in [0.3, 0.4) is 0 Å². The number of anilines is 2. The first-order valence-electron chi connectivity index (χ1n) is 11.3. The molecule has 0 saturated carbocycles. The molecule has 174 valence electrons. The molecule has 3 aromatic heterocycles. The van der Waals surface area contributed by atoms with Gasteiger partial charge in [-0.25, -0.2) is 9.97 Å². The molecule has 1 fully saturated rings. The molecule has 9 nitrogen and oxygen atoms in total. The molecule has 0 bridgehead atoms. The Labute approximate surface area is 198 Å². The van der Waals surface area contributed by atoms with Crippen LogP contribution < -0.4 is 5.32 Å². The van der Waals surface area contributed by atoms with Gasteiger partial charge in [-0.15, -0.1) is 10.2 Å². The fourth-order valence-electron chi connectivity index (χ4n) is 4.11. The van der Waals surface area contributed by atoms with Gasteiger partial charge in [-0.3, -0.25) is 9.48 Å². The quantitative estimate of drug-likeness (QED) is 0.547. The highest BCUT2D eigenvalue weighted by atomic mass is 32.1. The Bertz CT molecular complexity index is 1180. The van der Waals surface area contributed by atoms with Crippen LogP contribution in [0.2, 0.25) is 0 Å². The first-order chi connectivity index (χ1) is 15.9. The van der Waals surface area contributed by atoms with E-state index in [4.69, 9.17) is 4.98 Å². The first-order valence-corrected chi connectivity index (χ1v) is 12.1. The summed E-state index contributed by atoms with van der Waals surface area (Å²) in [5, 5.41) is 17.7. The number of amides is 1. The van der Waals surface area contributed by atoms with Crippen LogP contribution in [-0.2, 0) is 18.3 Å². The molecule has 0 spiro atoms. The third-order valence-corrected chi connectivity index (χ3v) is 6.90. The molecule has 1 amide bonds. The van der Waals surface area contributed by atoms with E-state index in [0.29, 0.717) is 23.3 Å². The summed E-state index contributed by atoms with van der Waals surface area (Å²) in [6.45, 7) is 8.64. The van der Waals surface area contributed by atoms with Crippen LogP contribution in [0.25, 0.3) is 6.08 Å². The van der Waals surface area contributed by atoms with Crippen molar-refractivity contribution in [2.75, 3.05) is 11.9 Å². The van der Waals surface area contributed by atoms with Crippen LogP contribution in [0.1, 0.15) is 65.7 Å². The normalized spacial score (nSPS) is 16.5. The van der Waals surface area contributed by atoms with E-state index in [1.807, 2.05) is 49.5 Å². The summed E-state index contributed by atoms with van der Waals surface area (Å²) < 4.78 is 1.83. The van der Waals surface area contributed by atoms with E-state index in [9.17, 15) is 4.79 Å². The predicted octanol–water partition coefficient (Wildman–Crippen LogP) is 4.06. The van der Waals surface area contributed by atoms with Crippen molar-refractivity contribution in [2.45, 2.75) is 59.4 Å². The van der Waals surface area contributed by atoms with Crippen LogP contribution in [0, 0.1) is 20.8 Å². The van der Waals surface area contributed by atoms with E-state index in [0.717, 1.165) is 53.3 Å². The number of nitrogens with zero attached hydrogens (tertiary/aromatic N) is 7. The minimum absolute atomic E-state index is 0.0290. The van der Waals surface area contributed by atoms with Crippen LogP contribution in [0.4, 0.5) is 10.9 Å². The Morgan fingerprint density at radius 2 is 2.06 bits per heavy atom. The van der Waals surface area contributed by atoms with Crippen LogP contribution in [0.15, 0.2) is 12.1 Å². The lowest BCUT2D eigenvalue weighted by molar-refractivity contribution is -0.129. The maximum Gasteiger partial charge on any atom is 0.247 e. The number of likely N-dealkylation sites (tertiary alicyclic amines) is 1. The minimum Gasteiger partial charge on any atom is -0.329 e. The molecule has 0 aliphatic carbocycles. The molecule has 1 saturated heterocycles. The average molecular weight is 467 g/mol. The van der Waals surface area contributed by atoms with Crippen molar-refractivity contribution < 1.29 is 4.79 Å². The average Bonchev–Trinajstić information content (AvgIpc) is 3.35. The summed E-state index contributed by atoms with van der Waals surface area (Å²) in [6.07, 6.45) is 7.22. The van der Waals surface area contributed by atoms with E-state index < -0.39 is 0 Å². The van der Waals surface area contributed by atoms with E-state index in [-0.39, 0.29) is 11.9 Å². The molecule has 1 aliphatic heterocycles. The zero-order valence-corrected chi connectivity index (χ0v) is 20.6. The van der Waals surface area contributed by atoms with Crippen molar-refractivity contribution >= 4 is 34.3 Å². The predicted molar refractivity (Wildman–Crippen MR) is 129 cm³/mol. The molecule has 4 heterocycles. The van der Waals surface area contributed by atoms with Gasteiger partial charge < -0.3 is 10.2 Å². The molecule has 0 unspecified atom stereocenters. The summed E-state index contributed by atoms with van der Waals surface area (Å²) in [6, 6.07) is 1.73. The molecule has 0 aromatic carbocycles. The highest BCUT2D eigenvalue weighted by Gasteiger charge is 2.29. The van der Waals surface area contributed by atoms with Gasteiger partial charge in [0.25, 0.3) is 0 Å². The number of carbonyl (C=O) groups excluding carboxylic acids is 1. The second-order valence-electron chi connectivity index (χ2n) is 8.32. The van der Waals surface area contributed by atoms with Gasteiger partial charge in [0.2, 0.25) is 11.0 Å². The standard InChI is InChI=1S/C23H30N8OS/c1-6-20-27-28-23(33-20)26-19-13-14(2)24-22(25-19)18-9-7-8-12-31(18)21(32)11-10-17-15(3)29-30(5)16(17)4/h10-11,13,18H,6-9,12H2,1-5H3,(H,24,25,26,28)/b11-10+/t18-/m0/s1. The Morgan fingerprint density at radius 1 is 1.24 bits per heavy atom. The lowest BCUT2D eigenvalue weighted by Crippen LogP contribution is -2.38. The number of rotatable bonds is 6. The lowest BCUT2D eigenvalue weighted by atomic mass is 10.0. The van der Waals surface area contributed by atoms with E-state index >= 15 is 0 Å². The molecular formula is C23H30N8OS. The lowest BCUT2D eigenvalue weighted by Gasteiger charge is -2.34. The van der Waals surface area contributed by atoms with Crippen molar-refractivity contribution in [1.82, 2.24) is 34.8 Å². The third kappa shape index (κ3) is 5.11. The van der Waals surface area contributed by atoms with Crippen molar-refractivity contribution in [2.24, 2.45) is 7.05 Å². The number of aryl methyl sites for hydroxylation is 4. The minimum atomic E-state index is -0.159. The Balaban J connectivity index is 1.56. The highest BCUT2D eigenvalue weighted by Crippen LogP contribution is 2.31. The summed E-state index contributed by atoms with van der Waals surface area (Å²) >= 11 is 1.51. The number of hydrogen-bond donors (Lipinski definition) is 1. The number of hydrogen-bond acceptors (Lipinski definition) is 8. The smallest absolute Gasteiger partial charge is 0.247 e. The van der Waals surface area contributed by atoms with E-state index in [1.54, 1.807) is 6.08 Å². The maximum atomic E-state index is 13.2. The Kier molecular flexibility index (Phi) is 6.83. The summed E-state index contributed by atoms with van der Waals surface area (Å²) in [5.41, 5.74) is 3.78. The first kappa shape index (κ1) is 23.0. The zero-order chi connectivity index (χ0) is 23.5. The fraction of sp³-hybridized carbons (Fsp3) is 0.478. The monoisotopic (exact) mass is 466 g/mol. The Hall–Kier alpha value is -3.14.